The van der Waals surface area contributed by atoms with Crippen LogP contribution in [0.2, 0.25) is 10.0 Å². The summed E-state index contributed by atoms with van der Waals surface area (Å²) in [4.78, 5) is 22.6. The second-order valence-corrected chi connectivity index (χ2v) is 7.60. The molecule has 1 aliphatic heterocycles. The van der Waals surface area contributed by atoms with Gasteiger partial charge in [-0.3, -0.25) is 4.98 Å². The van der Waals surface area contributed by atoms with E-state index in [4.69, 9.17) is 28.2 Å². The number of hydrogen-bond acceptors (Lipinski definition) is 6. The summed E-state index contributed by atoms with van der Waals surface area (Å²) < 4.78 is 0. The second-order valence-electron chi connectivity index (χ2n) is 6.76. The van der Waals surface area contributed by atoms with Gasteiger partial charge >= 0.3 is 0 Å². The number of halogens is 2. The molecule has 28 heavy (non-hydrogen) atoms. The highest BCUT2D eigenvalue weighted by Crippen LogP contribution is 2.29. The summed E-state index contributed by atoms with van der Waals surface area (Å²) in [6.45, 7) is 7.35. The van der Waals surface area contributed by atoms with Crippen molar-refractivity contribution < 1.29 is 0 Å². The number of piperazine rings is 1. The molecule has 0 amide bonds. The topological polar surface area (TPSA) is 58.0 Å². The lowest BCUT2D eigenvalue weighted by molar-refractivity contribution is 0.639. The van der Waals surface area contributed by atoms with Crippen molar-refractivity contribution in [1.29, 1.82) is 0 Å². The summed E-state index contributed by atoms with van der Waals surface area (Å²) in [5.41, 5.74) is 3.00. The molecular formula is C20H20Cl2N6. The van der Waals surface area contributed by atoms with Crippen molar-refractivity contribution in [2.45, 2.75) is 13.8 Å². The van der Waals surface area contributed by atoms with Gasteiger partial charge in [0.2, 0.25) is 0 Å². The highest BCUT2D eigenvalue weighted by atomic mass is 35.5. The van der Waals surface area contributed by atoms with Gasteiger partial charge in [-0.15, -0.1) is 0 Å². The molecule has 4 heterocycles. The van der Waals surface area contributed by atoms with Gasteiger partial charge in [0, 0.05) is 61.6 Å². The van der Waals surface area contributed by atoms with Crippen molar-refractivity contribution in [3.63, 3.8) is 0 Å². The highest BCUT2D eigenvalue weighted by molar-refractivity contribution is 6.36. The predicted molar refractivity (Wildman–Crippen MR) is 113 cm³/mol. The Bertz CT molecular complexity index is 987. The Morgan fingerprint density at radius 3 is 2.29 bits per heavy atom. The molecule has 4 rings (SSSR count). The molecule has 0 unspecified atom stereocenters. The molecule has 0 radical (unpaired) electrons. The Morgan fingerprint density at radius 2 is 1.64 bits per heavy atom. The van der Waals surface area contributed by atoms with Crippen LogP contribution in [0.15, 0.2) is 36.8 Å². The third kappa shape index (κ3) is 3.75. The fourth-order valence-corrected chi connectivity index (χ4v) is 3.82. The number of hydrogen-bond donors (Lipinski definition) is 0. The van der Waals surface area contributed by atoms with E-state index in [9.17, 15) is 0 Å². The van der Waals surface area contributed by atoms with E-state index in [-0.39, 0.29) is 0 Å². The van der Waals surface area contributed by atoms with Gasteiger partial charge in [-0.25, -0.2) is 15.0 Å². The normalized spacial score (nSPS) is 14.4. The van der Waals surface area contributed by atoms with Crippen molar-refractivity contribution >= 4 is 34.8 Å². The summed E-state index contributed by atoms with van der Waals surface area (Å²) in [6, 6.07) is 5.61. The van der Waals surface area contributed by atoms with Gasteiger partial charge in [0.15, 0.2) is 5.82 Å². The Morgan fingerprint density at radius 1 is 0.929 bits per heavy atom. The molecule has 0 saturated carbocycles. The van der Waals surface area contributed by atoms with Gasteiger partial charge in [0.25, 0.3) is 0 Å². The smallest absolute Gasteiger partial charge is 0.163 e. The van der Waals surface area contributed by atoms with E-state index in [0.29, 0.717) is 15.9 Å². The lowest BCUT2D eigenvalue weighted by atomic mass is 10.2. The first kappa shape index (κ1) is 18.9. The van der Waals surface area contributed by atoms with E-state index < -0.39 is 0 Å². The van der Waals surface area contributed by atoms with Crippen LogP contribution in [-0.2, 0) is 0 Å². The molecule has 0 N–H and O–H groups in total. The van der Waals surface area contributed by atoms with Gasteiger partial charge in [0.1, 0.15) is 11.6 Å². The average molecular weight is 415 g/mol. The van der Waals surface area contributed by atoms with E-state index in [0.717, 1.165) is 54.6 Å². The Kier molecular flexibility index (Phi) is 5.33. The summed E-state index contributed by atoms with van der Waals surface area (Å²) >= 11 is 12.3. The van der Waals surface area contributed by atoms with Gasteiger partial charge in [-0.1, -0.05) is 23.2 Å². The molecule has 0 atom stereocenters. The number of nitrogens with zero attached hydrogens (tertiary/aromatic N) is 6. The summed E-state index contributed by atoms with van der Waals surface area (Å²) in [5, 5.41) is 1.12. The quantitative estimate of drug-likeness (QED) is 0.640. The molecule has 1 fully saturated rings. The molecule has 0 aromatic carbocycles. The molecule has 0 spiro atoms. The monoisotopic (exact) mass is 414 g/mol. The molecule has 1 aliphatic rings. The molecule has 0 aliphatic carbocycles. The maximum absolute atomic E-state index is 6.32. The van der Waals surface area contributed by atoms with E-state index in [2.05, 4.69) is 31.7 Å². The van der Waals surface area contributed by atoms with Crippen LogP contribution in [0.25, 0.3) is 11.4 Å². The number of aryl methyl sites for hydroxylation is 1. The number of pyridine rings is 2. The van der Waals surface area contributed by atoms with E-state index in [1.165, 1.54) is 0 Å². The molecule has 6 nitrogen and oxygen atoms in total. The van der Waals surface area contributed by atoms with Crippen molar-refractivity contribution in [3.05, 3.63) is 58.1 Å². The van der Waals surface area contributed by atoms with Crippen LogP contribution in [0.3, 0.4) is 0 Å². The van der Waals surface area contributed by atoms with Crippen LogP contribution in [0.1, 0.15) is 11.3 Å². The van der Waals surface area contributed by atoms with Crippen LogP contribution in [-0.4, -0.2) is 46.1 Å². The van der Waals surface area contributed by atoms with Crippen molar-refractivity contribution in [1.82, 2.24) is 19.9 Å². The van der Waals surface area contributed by atoms with Crippen LogP contribution in [0, 0.1) is 13.8 Å². The first-order valence-corrected chi connectivity index (χ1v) is 9.85. The van der Waals surface area contributed by atoms with Crippen molar-refractivity contribution in [2.24, 2.45) is 0 Å². The number of rotatable bonds is 3. The third-order valence-corrected chi connectivity index (χ3v) is 5.44. The Balaban J connectivity index is 1.57. The third-order valence-electron chi connectivity index (χ3n) is 4.95. The van der Waals surface area contributed by atoms with E-state index >= 15 is 0 Å². The first-order valence-electron chi connectivity index (χ1n) is 9.09. The summed E-state index contributed by atoms with van der Waals surface area (Å²) in [6.07, 6.45) is 5.17. The molecule has 3 aromatic rings. The number of aromatic nitrogens is 4. The molecule has 144 valence electrons. The summed E-state index contributed by atoms with van der Waals surface area (Å²) in [5.74, 6) is 2.45. The van der Waals surface area contributed by atoms with Crippen LogP contribution in [0.4, 0.5) is 11.6 Å². The van der Waals surface area contributed by atoms with Crippen molar-refractivity contribution in [3.8, 4) is 11.4 Å². The molecule has 3 aromatic heterocycles. The predicted octanol–water partition coefficient (Wildman–Crippen LogP) is 4.18. The van der Waals surface area contributed by atoms with Gasteiger partial charge in [-0.05, 0) is 32.0 Å². The maximum Gasteiger partial charge on any atom is 0.163 e. The lowest BCUT2D eigenvalue weighted by Gasteiger charge is -2.37. The van der Waals surface area contributed by atoms with Crippen LogP contribution >= 0.6 is 23.2 Å². The van der Waals surface area contributed by atoms with Gasteiger partial charge in [0.05, 0.1) is 10.0 Å². The standard InChI is InChI=1S/C20H20Cl2N6/c1-13-14(2)25-18(15-4-3-5-23-11-15)26-19(13)27-6-8-28(9-7-27)20-17(22)10-16(21)12-24-20/h3-5,10-12H,6-9H2,1-2H3. The molecule has 0 bridgehead atoms. The summed E-state index contributed by atoms with van der Waals surface area (Å²) in [7, 11) is 0. The molecule has 8 heteroatoms. The van der Waals surface area contributed by atoms with E-state index in [1.807, 2.05) is 19.1 Å². The zero-order valence-electron chi connectivity index (χ0n) is 15.7. The van der Waals surface area contributed by atoms with Crippen LogP contribution in [0.5, 0.6) is 0 Å². The first-order chi connectivity index (χ1) is 13.5. The highest BCUT2D eigenvalue weighted by Gasteiger charge is 2.23. The van der Waals surface area contributed by atoms with Gasteiger partial charge in [-0.2, -0.15) is 0 Å². The van der Waals surface area contributed by atoms with Crippen LogP contribution < -0.4 is 9.80 Å². The largest absolute Gasteiger partial charge is 0.353 e. The maximum atomic E-state index is 6.32. The molecular weight excluding hydrogens is 395 g/mol. The van der Waals surface area contributed by atoms with Crippen molar-refractivity contribution in [2.75, 3.05) is 36.0 Å². The fourth-order valence-electron chi connectivity index (χ4n) is 3.32. The fraction of sp³-hybridized carbons (Fsp3) is 0.300. The second kappa shape index (κ2) is 7.89. The average Bonchev–Trinajstić information content (AvgIpc) is 2.71. The minimum Gasteiger partial charge on any atom is -0.353 e. The van der Waals surface area contributed by atoms with E-state index in [1.54, 1.807) is 24.7 Å². The minimum atomic E-state index is 0.544. The SMILES string of the molecule is Cc1nc(-c2cccnc2)nc(N2CCN(c3ncc(Cl)cc3Cl)CC2)c1C. The number of anilines is 2. The molecule has 1 saturated heterocycles. The zero-order chi connectivity index (χ0) is 19.7. The minimum absolute atomic E-state index is 0.544. The Labute approximate surface area is 174 Å². The lowest BCUT2D eigenvalue weighted by Crippen LogP contribution is -2.47. The Hall–Kier alpha value is -2.44. The van der Waals surface area contributed by atoms with Gasteiger partial charge < -0.3 is 9.80 Å². The zero-order valence-corrected chi connectivity index (χ0v) is 17.2.